The van der Waals surface area contributed by atoms with Crippen molar-refractivity contribution in [2.75, 3.05) is 0 Å². The molecule has 10 atom stereocenters. The molecule has 6 heteroatoms. The molecule has 1 aliphatic heterocycles. The predicted octanol–water partition coefficient (Wildman–Crippen LogP) is 4.79. The Morgan fingerprint density at radius 3 is 2.86 bits per heavy atom. The van der Waals surface area contributed by atoms with Crippen LogP contribution in [-0.2, 0) is 16.1 Å². The van der Waals surface area contributed by atoms with Crippen molar-refractivity contribution >= 4 is 16.7 Å². The van der Waals surface area contributed by atoms with E-state index < -0.39 is 5.60 Å². The molecule has 4 saturated carbocycles. The van der Waals surface area contributed by atoms with E-state index in [4.69, 9.17) is 4.74 Å². The molecule has 6 nitrogen and oxygen atoms in total. The molecule has 3 heterocycles. The zero-order chi connectivity index (χ0) is 24.2. The lowest BCUT2D eigenvalue weighted by atomic mass is 9.42. The van der Waals surface area contributed by atoms with Gasteiger partial charge < -0.3 is 9.84 Å². The first-order valence-electron chi connectivity index (χ1n) is 13.9. The fraction of sp³-hybridized carbons (Fsp3) is 0.759. The van der Waals surface area contributed by atoms with Crippen molar-refractivity contribution in [3.8, 4) is 0 Å². The Bertz CT molecular complexity index is 1140. The number of Topliss-reactive ketones (excluding diaryl/α,β-unsaturated/α-hetero) is 1. The Morgan fingerprint density at radius 2 is 2.03 bits per heavy atom. The van der Waals surface area contributed by atoms with Crippen molar-refractivity contribution in [3.05, 3.63) is 24.7 Å². The molecule has 1 saturated heterocycles. The molecule has 7 rings (SSSR count). The summed E-state index contributed by atoms with van der Waals surface area (Å²) >= 11 is 0. The van der Waals surface area contributed by atoms with Crippen LogP contribution in [0.15, 0.2) is 24.7 Å². The number of hydrogen-bond acceptors (Lipinski definition) is 5. The number of pyridine rings is 1. The van der Waals surface area contributed by atoms with Gasteiger partial charge in [-0.05, 0) is 100 Å². The van der Waals surface area contributed by atoms with Crippen LogP contribution in [0.4, 0.5) is 0 Å². The smallest absolute Gasteiger partial charge is 0.157 e. The molecule has 1 N–H and O–H groups in total. The van der Waals surface area contributed by atoms with Crippen molar-refractivity contribution in [1.82, 2.24) is 14.8 Å². The van der Waals surface area contributed by atoms with E-state index in [-0.39, 0.29) is 29.0 Å². The predicted molar refractivity (Wildman–Crippen MR) is 132 cm³/mol. The van der Waals surface area contributed by atoms with Gasteiger partial charge in [-0.3, -0.25) is 14.5 Å². The highest BCUT2D eigenvalue weighted by Gasteiger charge is 2.69. The molecule has 35 heavy (non-hydrogen) atoms. The molecule has 5 fully saturated rings. The van der Waals surface area contributed by atoms with Crippen LogP contribution in [0.2, 0.25) is 0 Å². The SMILES string of the molecule is C[C@H]1OC2CC3C(CC[C@]4(C)[C@@H](C(=O)Cn5cc6ccncc6n5)CC[C@@H]34)[C@]13CC[C@@](C)(O)CC23. The van der Waals surface area contributed by atoms with Crippen molar-refractivity contribution in [1.29, 1.82) is 0 Å². The monoisotopic (exact) mass is 477 g/mol. The van der Waals surface area contributed by atoms with Gasteiger partial charge in [0.25, 0.3) is 0 Å². The van der Waals surface area contributed by atoms with E-state index in [2.05, 4.69) is 23.9 Å². The van der Waals surface area contributed by atoms with E-state index in [1.165, 1.54) is 12.8 Å². The molecule has 2 aromatic rings. The summed E-state index contributed by atoms with van der Waals surface area (Å²) < 4.78 is 8.50. The van der Waals surface area contributed by atoms with Crippen LogP contribution in [0.25, 0.3) is 10.9 Å². The topological polar surface area (TPSA) is 77.2 Å². The molecular weight excluding hydrogens is 438 g/mol. The highest BCUT2D eigenvalue weighted by molar-refractivity contribution is 5.83. The molecule has 0 amide bonds. The molecule has 4 aliphatic carbocycles. The van der Waals surface area contributed by atoms with Crippen LogP contribution in [0, 0.1) is 40.4 Å². The van der Waals surface area contributed by atoms with Gasteiger partial charge in [-0.25, -0.2) is 0 Å². The number of hydrogen-bond donors (Lipinski definition) is 1. The van der Waals surface area contributed by atoms with Gasteiger partial charge in [0.15, 0.2) is 5.78 Å². The molecular formula is C29H39N3O3. The Kier molecular flexibility index (Phi) is 4.72. The summed E-state index contributed by atoms with van der Waals surface area (Å²) in [4.78, 5) is 17.8. The third-order valence-electron chi connectivity index (χ3n) is 11.7. The first-order chi connectivity index (χ1) is 16.7. The molecule has 0 radical (unpaired) electrons. The minimum atomic E-state index is -0.548. The van der Waals surface area contributed by atoms with E-state index >= 15 is 0 Å². The average molecular weight is 478 g/mol. The molecule has 2 bridgehead atoms. The minimum Gasteiger partial charge on any atom is -0.390 e. The quantitative estimate of drug-likeness (QED) is 0.688. The Labute approximate surface area is 207 Å². The molecule has 5 aliphatic rings. The van der Waals surface area contributed by atoms with Crippen LogP contribution in [0.3, 0.4) is 0 Å². The standard InChI is InChI=1S/C29H39N3O3/c1-17-29-10-9-27(2,34)13-23(29)26(35-17)12-19-20-4-5-22(28(20,3)8-6-21(19)29)25(33)16-32-15-18-7-11-30-14-24(18)31-32/h7,11,14-15,17,19-23,26,34H,4-6,8-10,12-13,16H2,1-3H3/t17-,19?,20+,21?,22-,23?,26?,27-,28+,29+/m1/s1. The second-order valence-corrected chi connectivity index (χ2v) is 13.3. The largest absolute Gasteiger partial charge is 0.390 e. The number of aliphatic hydroxyl groups is 1. The van der Waals surface area contributed by atoms with Gasteiger partial charge in [0.05, 0.1) is 30.6 Å². The van der Waals surface area contributed by atoms with Crippen LogP contribution in [0.1, 0.15) is 72.1 Å². The van der Waals surface area contributed by atoms with E-state index in [0.717, 1.165) is 49.4 Å². The zero-order valence-electron chi connectivity index (χ0n) is 21.3. The number of carbonyl (C=O) groups is 1. The van der Waals surface area contributed by atoms with Gasteiger partial charge in [0, 0.05) is 29.1 Å². The van der Waals surface area contributed by atoms with Gasteiger partial charge in [-0.1, -0.05) is 6.92 Å². The first kappa shape index (κ1) is 22.4. The molecule has 0 aromatic carbocycles. The van der Waals surface area contributed by atoms with Gasteiger partial charge >= 0.3 is 0 Å². The van der Waals surface area contributed by atoms with E-state index in [1.807, 2.05) is 23.9 Å². The maximum Gasteiger partial charge on any atom is 0.157 e. The summed E-state index contributed by atoms with van der Waals surface area (Å²) in [6, 6.07) is 1.95. The van der Waals surface area contributed by atoms with Gasteiger partial charge in [-0.2, -0.15) is 5.10 Å². The fourth-order valence-electron chi connectivity index (χ4n) is 10.2. The third-order valence-corrected chi connectivity index (χ3v) is 11.7. The van der Waals surface area contributed by atoms with Crippen molar-refractivity contribution < 1.29 is 14.6 Å². The Morgan fingerprint density at radius 1 is 1.17 bits per heavy atom. The van der Waals surface area contributed by atoms with Crippen LogP contribution in [-0.4, -0.2) is 43.5 Å². The van der Waals surface area contributed by atoms with Crippen LogP contribution < -0.4 is 0 Å². The molecule has 2 aromatic heterocycles. The summed E-state index contributed by atoms with van der Waals surface area (Å²) in [5.74, 6) is 2.90. The number of ether oxygens (including phenoxy) is 1. The second-order valence-electron chi connectivity index (χ2n) is 13.3. The summed E-state index contributed by atoms with van der Waals surface area (Å²) in [5.41, 5.74) is 0.610. The third kappa shape index (κ3) is 3.05. The summed E-state index contributed by atoms with van der Waals surface area (Å²) in [6.07, 6.45) is 14.6. The second kappa shape index (κ2) is 7.38. The first-order valence-corrected chi connectivity index (χ1v) is 13.9. The number of aromatic nitrogens is 3. The number of fused-ring (bicyclic) bond motifs is 4. The Hall–Kier alpha value is -1.79. The highest BCUT2D eigenvalue weighted by Crippen LogP contribution is 2.71. The van der Waals surface area contributed by atoms with Gasteiger partial charge in [-0.15, -0.1) is 0 Å². The number of carbonyl (C=O) groups excluding carboxylic acids is 1. The lowest BCUT2D eigenvalue weighted by molar-refractivity contribution is -0.148. The lowest BCUT2D eigenvalue weighted by Gasteiger charge is -2.61. The van der Waals surface area contributed by atoms with E-state index in [0.29, 0.717) is 36.0 Å². The molecule has 4 unspecified atom stereocenters. The lowest BCUT2D eigenvalue weighted by Crippen LogP contribution is -2.59. The molecule has 0 spiro atoms. The number of ketones is 1. The fourth-order valence-corrected chi connectivity index (χ4v) is 10.2. The average Bonchev–Trinajstić information content (AvgIpc) is 3.43. The molecule has 188 valence electrons. The summed E-state index contributed by atoms with van der Waals surface area (Å²) in [7, 11) is 0. The van der Waals surface area contributed by atoms with Crippen LogP contribution >= 0.6 is 0 Å². The van der Waals surface area contributed by atoms with Crippen molar-refractivity contribution in [2.24, 2.45) is 40.4 Å². The van der Waals surface area contributed by atoms with Crippen molar-refractivity contribution in [3.63, 3.8) is 0 Å². The summed E-state index contributed by atoms with van der Waals surface area (Å²) in [6.45, 7) is 7.13. The maximum atomic E-state index is 13.7. The van der Waals surface area contributed by atoms with Gasteiger partial charge in [0.2, 0.25) is 0 Å². The highest BCUT2D eigenvalue weighted by atomic mass is 16.5. The number of rotatable bonds is 3. The van der Waals surface area contributed by atoms with Gasteiger partial charge in [0.1, 0.15) is 5.52 Å². The summed E-state index contributed by atoms with van der Waals surface area (Å²) in [5, 5.41) is 16.5. The zero-order valence-corrected chi connectivity index (χ0v) is 21.3. The van der Waals surface area contributed by atoms with Crippen LogP contribution in [0.5, 0.6) is 0 Å². The Balaban J connectivity index is 1.14. The van der Waals surface area contributed by atoms with Crippen molar-refractivity contribution in [2.45, 2.75) is 96.5 Å². The maximum absolute atomic E-state index is 13.7. The van der Waals surface area contributed by atoms with E-state index in [9.17, 15) is 9.90 Å². The minimum absolute atomic E-state index is 0.0820. The number of nitrogens with zero attached hydrogens (tertiary/aromatic N) is 3. The van der Waals surface area contributed by atoms with E-state index in [1.54, 1.807) is 12.4 Å². The normalized spacial score (nSPS) is 48.4.